The molecular weight excluding hydrogens is 368 g/mol. The van der Waals surface area contributed by atoms with E-state index in [0.29, 0.717) is 29.2 Å². The summed E-state index contributed by atoms with van der Waals surface area (Å²) >= 11 is 0. The molecule has 5 rings (SSSR count). The van der Waals surface area contributed by atoms with E-state index in [-0.39, 0.29) is 5.56 Å². The van der Waals surface area contributed by atoms with E-state index in [1.807, 2.05) is 30.3 Å². The lowest BCUT2D eigenvalue weighted by Gasteiger charge is -2.11. The van der Waals surface area contributed by atoms with Gasteiger partial charge in [-0.2, -0.15) is 10.1 Å². The molecule has 1 saturated carbocycles. The molecule has 29 heavy (non-hydrogen) atoms. The minimum absolute atomic E-state index is 0.193. The van der Waals surface area contributed by atoms with Crippen molar-refractivity contribution in [2.75, 3.05) is 10.6 Å². The molecule has 8 heteroatoms. The fourth-order valence-electron chi connectivity index (χ4n) is 3.21. The number of carboxylic acids is 1. The van der Waals surface area contributed by atoms with Gasteiger partial charge in [0.15, 0.2) is 5.82 Å². The van der Waals surface area contributed by atoms with E-state index < -0.39 is 5.97 Å². The largest absolute Gasteiger partial charge is 0.478 e. The molecule has 0 radical (unpaired) electrons. The third kappa shape index (κ3) is 3.60. The Morgan fingerprint density at radius 3 is 2.72 bits per heavy atom. The Labute approximate surface area is 166 Å². The summed E-state index contributed by atoms with van der Waals surface area (Å²) in [7, 11) is 0. The Bertz CT molecular complexity index is 1210. The molecule has 1 aliphatic rings. The molecule has 8 nitrogen and oxygen atoms in total. The van der Waals surface area contributed by atoms with E-state index >= 15 is 0 Å². The second-order valence-corrected chi connectivity index (χ2v) is 7.03. The van der Waals surface area contributed by atoms with Gasteiger partial charge in [-0.15, -0.1) is 0 Å². The molecule has 1 aliphatic carbocycles. The molecule has 0 bridgehead atoms. The number of benzene rings is 2. The van der Waals surface area contributed by atoms with Crippen molar-refractivity contribution in [1.82, 2.24) is 20.2 Å². The van der Waals surface area contributed by atoms with Crippen molar-refractivity contribution in [3.05, 3.63) is 65.9 Å². The predicted molar refractivity (Wildman–Crippen MR) is 110 cm³/mol. The average Bonchev–Trinajstić information content (AvgIpc) is 3.47. The zero-order valence-electron chi connectivity index (χ0n) is 15.4. The van der Waals surface area contributed by atoms with Crippen LogP contribution in [0.3, 0.4) is 0 Å². The molecule has 1 fully saturated rings. The van der Waals surface area contributed by atoms with Crippen molar-refractivity contribution >= 4 is 40.1 Å². The number of para-hydroxylation sites is 1. The first-order valence-electron chi connectivity index (χ1n) is 9.35. The third-order valence-corrected chi connectivity index (χ3v) is 4.83. The number of nitrogens with zero attached hydrogens (tertiary/aromatic N) is 3. The highest BCUT2D eigenvalue weighted by atomic mass is 16.4. The smallest absolute Gasteiger partial charge is 0.335 e. The van der Waals surface area contributed by atoms with Crippen LogP contribution in [0.1, 0.15) is 34.8 Å². The fraction of sp³-hybridized carbons (Fsp3) is 0.143. The number of hydrogen-bond donors (Lipinski definition) is 4. The molecule has 2 heterocycles. The van der Waals surface area contributed by atoms with Gasteiger partial charge in [0.05, 0.1) is 11.1 Å². The fourth-order valence-corrected chi connectivity index (χ4v) is 3.21. The second-order valence-electron chi connectivity index (χ2n) is 7.03. The Balaban J connectivity index is 1.49. The zero-order chi connectivity index (χ0) is 19.8. The lowest BCUT2D eigenvalue weighted by molar-refractivity contribution is 0.0697. The van der Waals surface area contributed by atoms with Gasteiger partial charge in [-0.25, -0.2) is 9.78 Å². The number of H-pyrrole nitrogens is 1. The lowest BCUT2D eigenvalue weighted by Crippen LogP contribution is -2.03. The van der Waals surface area contributed by atoms with Crippen LogP contribution in [0.15, 0.2) is 54.6 Å². The number of aromatic carboxylic acids is 1. The summed E-state index contributed by atoms with van der Waals surface area (Å²) in [5, 5.41) is 23.9. The molecule has 4 N–H and O–H groups in total. The van der Waals surface area contributed by atoms with Gasteiger partial charge in [0.25, 0.3) is 0 Å². The minimum Gasteiger partial charge on any atom is -0.478 e. The third-order valence-electron chi connectivity index (χ3n) is 4.83. The lowest BCUT2D eigenvalue weighted by atomic mass is 10.2. The van der Waals surface area contributed by atoms with Crippen LogP contribution < -0.4 is 10.6 Å². The highest BCUT2D eigenvalue weighted by Crippen LogP contribution is 2.39. The molecule has 0 spiro atoms. The van der Waals surface area contributed by atoms with Gasteiger partial charge >= 0.3 is 5.97 Å². The predicted octanol–water partition coefficient (Wildman–Crippen LogP) is 4.42. The number of nitrogens with one attached hydrogen (secondary N) is 3. The Morgan fingerprint density at radius 1 is 1.03 bits per heavy atom. The van der Waals surface area contributed by atoms with Crippen LogP contribution >= 0.6 is 0 Å². The number of anilines is 4. The molecule has 0 aliphatic heterocycles. The molecule has 0 saturated heterocycles. The topological polar surface area (TPSA) is 116 Å². The number of fused-ring (bicyclic) bond motifs is 1. The number of carboxylic acid groups (broad SMARTS) is 1. The number of aromatic nitrogens is 4. The normalized spacial score (nSPS) is 13.4. The van der Waals surface area contributed by atoms with Crippen molar-refractivity contribution in [3.63, 3.8) is 0 Å². The quantitative estimate of drug-likeness (QED) is 0.388. The van der Waals surface area contributed by atoms with Crippen LogP contribution in [0.4, 0.5) is 23.3 Å². The Kier molecular flexibility index (Phi) is 4.09. The van der Waals surface area contributed by atoms with Crippen LogP contribution in [-0.2, 0) is 0 Å². The first-order chi connectivity index (χ1) is 14.2. The van der Waals surface area contributed by atoms with Crippen molar-refractivity contribution in [2.45, 2.75) is 18.8 Å². The van der Waals surface area contributed by atoms with Gasteiger partial charge in [0.1, 0.15) is 5.82 Å². The van der Waals surface area contributed by atoms with Crippen LogP contribution in [0.25, 0.3) is 10.9 Å². The summed E-state index contributed by atoms with van der Waals surface area (Å²) in [6.45, 7) is 0. The molecule has 0 unspecified atom stereocenters. The summed E-state index contributed by atoms with van der Waals surface area (Å²) in [6, 6.07) is 16.2. The summed E-state index contributed by atoms with van der Waals surface area (Å²) in [4.78, 5) is 20.4. The maximum atomic E-state index is 11.2. The van der Waals surface area contributed by atoms with Crippen molar-refractivity contribution < 1.29 is 9.90 Å². The summed E-state index contributed by atoms with van der Waals surface area (Å²) in [5.74, 6) is 1.29. The molecule has 0 atom stereocenters. The SMILES string of the molecule is O=C(O)c1cccc(Nc2nc(Nc3cc(C4CC4)[nH]n3)c3ccccc3n2)c1. The van der Waals surface area contributed by atoms with Gasteiger partial charge in [0, 0.05) is 28.8 Å². The zero-order valence-corrected chi connectivity index (χ0v) is 15.4. The van der Waals surface area contributed by atoms with Crippen molar-refractivity contribution in [3.8, 4) is 0 Å². The summed E-state index contributed by atoms with van der Waals surface area (Å²) in [5.41, 5.74) is 2.69. The van der Waals surface area contributed by atoms with E-state index in [2.05, 4.69) is 30.8 Å². The van der Waals surface area contributed by atoms with Gasteiger partial charge in [-0.05, 0) is 43.2 Å². The van der Waals surface area contributed by atoms with Crippen LogP contribution in [-0.4, -0.2) is 31.2 Å². The van der Waals surface area contributed by atoms with Crippen molar-refractivity contribution in [2.24, 2.45) is 0 Å². The minimum atomic E-state index is -0.986. The van der Waals surface area contributed by atoms with Gasteiger partial charge in [0.2, 0.25) is 5.95 Å². The van der Waals surface area contributed by atoms with Crippen LogP contribution in [0, 0.1) is 0 Å². The Morgan fingerprint density at radius 2 is 1.90 bits per heavy atom. The number of aromatic amines is 1. The number of hydrogen-bond acceptors (Lipinski definition) is 6. The molecule has 2 aromatic heterocycles. The first kappa shape index (κ1) is 17.2. The van der Waals surface area contributed by atoms with E-state index in [9.17, 15) is 9.90 Å². The Hall–Kier alpha value is -3.94. The highest BCUT2D eigenvalue weighted by Gasteiger charge is 2.25. The van der Waals surface area contributed by atoms with Gasteiger partial charge in [-0.1, -0.05) is 18.2 Å². The van der Waals surface area contributed by atoms with E-state index in [1.165, 1.54) is 18.9 Å². The van der Waals surface area contributed by atoms with Gasteiger partial charge in [-0.3, -0.25) is 5.10 Å². The maximum absolute atomic E-state index is 11.2. The highest BCUT2D eigenvalue weighted by molar-refractivity contribution is 5.92. The van der Waals surface area contributed by atoms with Crippen LogP contribution in [0.5, 0.6) is 0 Å². The maximum Gasteiger partial charge on any atom is 0.335 e. The van der Waals surface area contributed by atoms with Crippen molar-refractivity contribution in [1.29, 1.82) is 0 Å². The molecule has 2 aromatic carbocycles. The van der Waals surface area contributed by atoms with E-state index in [4.69, 9.17) is 0 Å². The number of rotatable bonds is 6. The molecule has 144 valence electrons. The number of carbonyl (C=O) groups is 1. The summed E-state index contributed by atoms with van der Waals surface area (Å²) < 4.78 is 0. The molecule has 4 aromatic rings. The second kappa shape index (κ2) is 6.90. The standard InChI is InChI=1S/C21H18N6O2/c28-20(29)13-4-3-5-14(10-13)22-21-23-16-7-2-1-6-15(16)19(25-21)24-18-11-17(26-27-18)12-8-9-12/h1-7,10-12H,8-9H2,(H,28,29)(H3,22,23,24,25,26,27). The summed E-state index contributed by atoms with van der Waals surface area (Å²) in [6.07, 6.45) is 2.39. The van der Waals surface area contributed by atoms with E-state index in [0.717, 1.165) is 16.6 Å². The average molecular weight is 386 g/mol. The van der Waals surface area contributed by atoms with E-state index in [1.54, 1.807) is 18.2 Å². The van der Waals surface area contributed by atoms with Crippen LogP contribution in [0.2, 0.25) is 0 Å². The molecule has 0 amide bonds. The first-order valence-corrected chi connectivity index (χ1v) is 9.35. The molecular formula is C21H18N6O2. The van der Waals surface area contributed by atoms with Gasteiger partial charge < -0.3 is 15.7 Å². The monoisotopic (exact) mass is 386 g/mol.